The number of ether oxygens (including phenoxy) is 1. The van der Waals surface area contributed by atoms with Crippen LogP contribution in [0.3, 0.4) is 0 Å². The van der Waals surface area contributed by atoms with E-state index < -0.39 is 0 Å². The van der Waals surface area contributed by atoms with Crippen LogP contribution in [0.4, 0.5) is 11.4 Å². The summed E-state index contributed by atoms with van der Waals surface area (Å²) < 4.78 is 6.27. The fraction of sp³-hybridized carbons (Fsp3) is 0.0800. The standard InChI is InChI=1S/C25H19ClN2O3S2/c1-16(29)27-20-8-10-21(11-9-20)28-24(30)23(33-25(28)32)14-17-4-12-22(13-5-17)31-15-18-2-6-19(26)7-3-18/h2-14H,15H2,1H3,(H,27,29)/b23-14-. The Morgan fingerprint density at radius 1 is 1.06 bits per heavy atom. The molecule has 0 aliphatic carbocycles. The summed E-state index contributed by atoms with van der Waals surface area (Å²) in [5, 5.41) is 3.39. The van der Waals surface area contributed by atoms with Gasteiger partial charge in [-0.3, -0.25) is 14.5 Å². The Morgan fingerprint density at radius 3 is 2.36 bits per heavy atom. The summed E-state index contributed by atoms with van der Waals surface area (Å²) in [7, 11) is 0. The first kappa shape index (κ1) is 23.0. The van der Waals surface area contributed by atoms with Crippen LogP contribution in [0.15, 0.2) is 77.7 Å². The largest absolute Gasteiger partial charge is 0.489 e. The third-order valence-electron chi connectivity index (χ3n) is 4.74. The monoisotopic (exact) mass is 494 g/mol. The summed E-state index contributed by atoms with van der Waals surface area (Å²) in [4.78, 5) is 26.2. The topological polar surface area (TPSA) is 58.6 Å². The number of amides is 2. The summed E-state index contributed by atoms with van der Waals surface area (Å²) in [6.45, 7) is 1.88. The van der Waals surface area contributed by atoms with Crippen LogP contribution in [0.1, 0.15) is 18.1 Å². The predicted octanol–water partition coefficient (Wildman–Crippen LogP) is 6.28. The first-order chi connectivity index (χ1) is 15.9. The van der Waals surface area contributed by atoms with E-state index in [-0.39, 0.29) is 11.8 Å². The van der Waals surface area contributed by atoms with Gasteiger partial charge in [-0.15, -0.1) is 0 Å². The van der Waals surface area contributed by atoms with E-state index >= 15 is 0 Å². The Morgan fingerprint density at radius 2 is 1.73 bits per heavy atom. The number of carbonyl (C=O) groups is 2. The number of halogens is 1. The van der Waals surface area contributed by atoms with Gasteiger partial charge in [0.15, 0.2) is 4.32 Å². The molecule has 0 atom stereocenters. The smallest absolute Gasteiger partial charge is 0.270 e. The Bertz CT molecular complexity index is 1220. The van der Waals surface area contributed by atoms with Crippen molar-refractivity contribution in [2.75, 3.05) is 10.2 Å². The van der Waals surface area contributed by atoms with Crippen LogP contribution < -0.4 is 15.0 Å². The molecule has 0 radical (unpaired) electrons. The number of hydrogen-bond acceptors (Lipinski definition) is 5. The van der Waals surface area contributed by atoms with Gasteiger partial charge in [-0.05, 0) is 65.7 Å². The first-order valence-electron chi connectivity index (χ1n) is 10.0. The average molecular weight is 495 g/mol. The number of thiocarbonyl (C=S) groups is 1. The minimum Gasteiger partial charge on any atom is -0.489 e. The molecule has 3 aromatic rings. The lowest BCUT2D eigenvalue weighted by molar-refractivity contribution is -0.114. The fourth-order valence-corrected chi connectivity index (χ4v) is 4.57. The van der Waals surface area contributed by atoms with E-state index in [2.05, 4.69) is 5.32 Å². The van der Waals surface area contributed by atoms with Crippen LogP contribution in [-0.2, 0) is 16.2 Å². The minimum atomic E-state index is -0.180. The summed E-state index contributed by atoms with van der Waals surface area (Å²) in [5.41, 5.74) is 3.21. The highest BCUT2D eigenvalue weighted by atomic mass is 35.5. The van der Waals surface area contributed by atoms with Crippen molar-refractivity contribution in [3.8, 4) is 5.75 Å². The molecule has 3 aromatic carbocycles. The lowest BCUT2D eigenvalue weighted by Gasteiger charge is -2.15. The van der Waals surface area contributed by atoms with Gasteiger partial charge in [0, 0.05) is 17.6 Å². The molecule has 1 N–H and O–H groups in total. The van der Waals surface area contributed by atoms with Crippen LogP contribution in [0, 0.1) is 0 Å². The molecule has 0 aromatic heterocycles. The van der Waals surface area contributed by atoms with E-state index in [0.717, 1.165) is 16.9 Å². The number of nitrogens with zero attached hydrogens (tertiary/aromatic N) is 1. The quantitative estimate of drug-likeness (QED) is 0.322. The van der Waals surface area contributed by atoms with Gasteiger partial charge in [-0.1, -0.05) is 59.8 Å². The Labute approximate surface area is 206 Å². The van der Waals surface area contributed by atoms with Crippen molar-refractivity contribution in [1.29, 1.82) is 0 Å². The molecule has 8 heteroatoms. The Hall–Kier alpha value is -3.13. The zero-order valence-corrected chi connectivity index (χ0v) is 20.0. The first-order valence-corrected chi connectivity index (χ1v) is 11.6. The zero-order chi connectivity index (χ0) is 23.4. The van der Waals surface area contributed by atoms with E-state index in [1.807, 2.05) is 54.6 Å². The average Bonchev–Trinajstić information content (AvgIpc) is 3.07. The summed E-state index contributed by atoms with van der Waals surface area (Å²) in [6.07, 6.45) is 1.81. The predicted molar refractivity (Wildman–Crippen MR) is 139 cm³/mol. The van der Waals surface area contributed by atoms with E-state index in [9.17, 15) is 9.59 Å². The maximum atomic E-state index is 13.0. The molecule has 4 rings (SSSR count). The third-order valence-corrected chi connectivity index (χ3v) is 6.29. The van der Waals surface area contributed by atoms with E-state index in [0.29, 0.717) is 32.2 Å². The second-order valence-corrected chi connectivity index (χ2v) is 9.34. The molecule has 2 amide bonds. The van der Waals surface area contributed by atoms with Crippen LogP contribution in [0.25, 0.3) is 6.08 Å². The SMILES string of the molecule is CC(=O)Nc1ccc(N2C(=O)/C(=C/c3ccc(OCc4ccc(Cl)cc4)cc3)SC2=S)cc1. The minimum absolute atomic E-state index is 0.155. The molecule has 0 bridgehead atoms. The van der Waals surface area contributed by atoms with Crippen molar-refractivity contribution in [2.24, 2.45) is 0 Å². The molecule has 166 valence electrons. The maximum absolute atomic E-state index is 13.0. The second kappa shape index (κ2) is 10.2. The number of hydrogen-bond donors (Lipinski definition) is 1. The lowest BCUT2D eigenvalue weighted by atomic mass is 10.2. The van der Waals surface area contributed by atoms with Crippen LogP contribution >= 0.6 is 35.6 Å². The molecule has 1 aliphatic heterocycles. The van der Waals surface area contributed by atoms with Gasteiger partial charge >= 0.3 is 0 Å². The van der Waals surface area contributed by atoms with Crippen molar-refractivity contribution in [1.82, 2.24) is 0 Å². The summed E-state index contributed by atoms with van der Waals surface area (Å²) >= 11 is 12.6. The van der Waals surface area contributed by atoms with Gasteiger partial charge < -0.3 is 10.1 Å². The normalized spacial score (nSPS) is 14.6. The molecule has 1 heterocycles. The number of benzene rings is 3. The highest BCUT2D eigenvalue weighted by Gasteiger charge is 2.33. The van der Waals surface area contributed by atoms with Crippen molar-refractivity contribution in [2.45, 2.75) is 13.5 Å². The summed E-state index contributed by atoms with van der Waals surface area (Å²) in [5.74, 6) is 0.395. The maximum Gasteiger partial charge on any atom is 0.270 e. The lowest BCUT2D eigenvalue weighted by Crippen LogP contribution is -2.27. The molecule has 0 spiro atoms. The van der Waals surface area contributed by atoms with Crippen LogP contribution in [0.5, 0.6) is 5.75 Å². The van der Waals surface area contributed by atoms with Crippen molar-refractivity contribution in [3.05, 3.63) is 93.9 Å². The van der Waals surface area contributed by atoms with Gasteiger partial charge in [0.1, 0.15) is 12.4 Å². The molecule has 0 saturated carbocycles. The second-order valence-electron chi connectivity index (χ2n) is 7.23. The number of thioether (sulfide) groups is 1. The molecule has 1 aliphatic rings. The molecular weight excluding hydrogens is 476 g/mol. The Balaban J connectivity index is 1.42. The zero-order valence-electron chi connectivity index (χ0n) is 17.6. The van der Waals surface area contributed by atoms with Crippen molar-refractivity contribution >= 4 is 69.2 Å². The van der Waals surface area contributed by atoms with Gasteiger partial charge in [0.05, 0.1) is 10.6 Å². The number of anilines is 2. The van der Waals surface area contributed by atoms with E-state index in [1.165, 1.54) is 23.6 Å². The van der Waals surface area contributed by atoms with Gasteiger partial charge in [0.25, 0.3) is 5.91 Å². The van der Waals surface area contributed by atoms with E-state index in [1.54, 1.807) is 24.3 Å². The number of rotatable bonds is 6. The highest BCUT2D eigenvalue weighted by Crippen LogP contribution is 2.36. The molecule has 1 saturated heterocycles. The molecule has 33 heavy (non-hydrogen) atoms. The van der Waals surface area contributed by atoms with Gasteiger partial charge in [-0.25, -0.2) is 0 Å². The van der Waals surface area contributed by atoms with E-state index in [4.69, 9.17) is 28.6 Å². The van der Waals surface area contributed by atoms with Crippen molar-refractivity contribution < 1.29 is 14.3 Å². The van der Waals surface area contributed by atoms with Crippen molar-refractivity contribution in [3.63, 3.8) is 0 Å². The van der Waals surface area contributed by atoms with Crippen LogP contribution in [-0.4, -0.2) is 16.1 Å². The Kier molecular flexibility index (Phi) is 7.13. The fourth-order valence-electron chi connectivity index (χ4n) is 3.15. The summed E-state index contributed by atoms with van der Waals surface area (Å²) in [6, 6.07) is 22.0. The van der Waals surface area contributed by atoms with Crippen LogP contribution in [0.2, 0.25) is 5.02 Å². The number of nitrogens with one attached hydrogen (secondary N) is 1. The molecule has 1 fully saturated rings. The molecular formula is C25H19ClN2O3S2. The molecule has 0 unspecified atom stereocenters. The third kappa shape index (κ3) is 5.82. The van der Waals surface area contributed by atoms with Gasteiger partial charge in [0.2, 0.25) is 5.91 Å². The highest BCUT2D eigenvalue weighted by molar-refractivity contribution is 8.27. The number of carbonyl (C=O) groups excluding carboxylic acids is 2. The van der Waals surface area contributed by atoms with Gasteiger partial charge in [-0.2, -0.15) is 0 Å². The molecule has 5 nitrogen and oxygen atoms in total.